The summed E-state index contributed by atoms with van der Waals surface area (Å²) in [5.74, 6) is -1.61. The van der Waals surface area contributed by atoms with Crippen molar-refractivity contribution in [3.8, 4) is 22.3 Å². The van der Waals surface area contributed by atoms with Crippen molar-refractivity contribution >= 4 is 40.3 Å². The molecule has 5 aromatic rings. The van der Waals surface area contributed by atoms with E-state index in [9.17, 15) is 23.6 Å². The van der Waals surface area contributed by atoms with Gasteiger partial charge in [0.15, 0.2) is 0 Å². The van der Waals surface area contributed by atoms with Crippen LogP contribution in [0.4, 0.5) is 15.9 Å². The SMILES string of the molecule is CC(C)C(=O)N1CCC(n2cc(-c3ccc(NC(=O)c4cn(C(C)C)c(C(N)=O)c(-c5ccc(F)cc5)c4=O)cc3)c3c(N)ncnc32)CC1. The number of nitrogens with two attached hydrogens (primary N) is 2. The standard InChI is InChI=1S/C37H39FN8O4/c1-20(2)37(50)44-15-13-26(14-16-44)46-17-27(30-33(39)41-19-42-35(30)46)22-7-11-25(12-8-22)43-36(49)28-18-45(21(3)4)31(34(40)48)29(32(28)47)23-5-9-24(38)10-6-23/h5-12,17-21,26H,13-16H2,1-4H3,(H2,40,48)(H,43,49)(H2,39,41,42). The van der Waals surface area contributed by atoms with Crippen LogP contribution >= 0.6 is 0 Å². The van der Waals surface area contributed by atoms with Crippen LogP contribution in [0.2, 0.25) is 0 Å². The molecule has 1 fully saturated rings. The minimum atomic E-state index is -0.850. The molecule has 0 spiro atoms. The van der Waals surface area contributed by atoms with Gasteiger partial charge >= 0.3 is 0 Å². The minimum Gasteiger partial charge on any atom is -0.383 e. The van der Waals surface area contributed by atoms with Gasteiger partial charge in [0, 0.05) is 54.7 Å². The second kappa shape index (κ2) is 13.6. The number of carbonyl (C=O) groups is 3. The van der Waals surface area contributed by atoms with Crippen LogP contribution in [-0.4, -0.2) is 54.8 Å². The molecule has 0 aliphatic carbocycles. The van der Waals surface area contributed by atoms with E-state index in [1.54, 1.807) is 26.0 Å². The van der Waals surface area contributed by atoms with Crippen molar-refractivity contribution in [2.45, 2.75) is 52.6 Å². The molecule has 50 heavy (non-hydrogen) atoms. The van der Waals surface area contributed by atoms with Crippen LogP contribution in [0.15, 0.2) is 72.0 Å². The number of anilines is 2. The first-order valence-electron chi connectivity index (χ1n) is 16.5. The highest BCUT2D eigenvalue weighted by atomic mass is 19.1. The number of hydrogen-bond donors (Lipinski definition) is 3. The molecule has 0 unspecified atom stereocenters. The molecule has 13 heteroatoms. The highest BCUT2D eigenvalue weighted by Crippen LogP contribution is 2.37. The van der Waals surface area contributed by atoms with Crippen LogP contribution in [0.25, 0.3) is 33.3 Å². The van der Waals surface area contributed by atoms with Gasteiger partial charge in [-0.05, 0) is 62.1 Å². The lowest BCUT2D eigenvalue weighted by Gasteiger charge is -2.34. The van der Waals surface area contributed by atoms with E-state index in [0.29, 0.717) is 35.6 Å². The van der Waals surface area contributed by atoms with Crippen molar-refractivity contribution in [3.63, 3.8) is 0 Å². The first-order valence-corrected chi connectivity index (χ1v) is 16.5. The first kappa shape index (κ1) is 34.0. The Morgan fingerprint density at radius 2 is 1.56 bits per heavy atom. The molecule has 6 rings (SSSR count). The summed E-state index contributed by atoms with van der Waals surface area (Å²) in [6, 6.07) is 12.0. The smallest absolute Gasteiger partial charge is 0.266 e. The number of amides is 3. The fraction of sp³-hybridized carbons (Fsp3) is 0.297. The van der Waals surface area contributed by atoms with Crippen molar-refractivity contribution in [2.24, 2.45) is 11.7 Å². The predicted molar refractivity (Wildman–Crippen MR) is 190 cm³/mol. The highest BCUT2D eigenvalue weighted by molar-refractivity contribution is 6.07. The summed E-state index contributed by atoms with van der Waals surface area (Å²) in [5.41, 5.74) is 14.0. The van der Waals surface area contributed by atoms with Crippen LogP contribution in [0.3, 0.4) is 0 Å². The Morgan fingerprint density at radius 3 is 2.16 bits per heavy atom. The lowest BCUT2D eigenvalue weighted by Crippen LogP contribution is -2.41. The van der Waals surface area contributed by atoms with Crippen LogP contribution in [0.5, 0.6) is 0 Å². The monoisotopic (exact) mass is 678 g/mol. The van der Waals surface area contributed by atoms with Gasteiger partial charge in [-0.3, -0.25) is 19.2 Å². The molecule has 5 N–H and O–H groups in total. The van der Waals surface area contributed by atoms with Gasteiger partial charge in [0.1, 0.15) is 34.9 Å². The van der Waals surface area contributed by atoms with Gasteiger partial charge < -0.3 is 30.8 Å². The molecular formula is C37H39FN8O4. The maximum absolute atomic E-state index is 13.8. The van der Waals surface area contributed by atoms with Gasteiger partial charge in [0.05, 0.1) is 10.9 Å². The lowest BCUT2D eigenvalue weighted by atomic mass is 9.99. The van der Waals surface area contributed by atoms with E-state index in [1.165, 1.54) is 41.4 Å². The molecule has 4 heterocycles. The Balaban J connectivity index is 1.31. The summed E-state index contributed by atoms with van der Waals surface area (Å²) in [6.45, 7) is 8.71. The number of pyridine rings is 1. The second-order valence-electron chi connectivity index (χ2n) is 13.1. The lowest BCUT2D eigenvalue weighted by molar-refractivity contribution is -0.135. The van der Waals surface area contributed by atoms with Crippen LogP contribution < -0.4 is 22.2 Å². The fourth-order valence-corrected chi connectivity index (χ4v) is 6.60. The molecule has 0 saturated carbocycles. The Hall–Kier alpha value is -5.85. The largest absolute Gasteiger partial charge is 0.383 e. The number of nitrogen functional groups attached to an aromatic ring is 1. The zero-order valence-corrected chi connectivity index (χ0v) is 28.3. The number of benzene rings is 2. The van der Waals surface area contributed by atoms with E-state index in [4.69, 9.17) is 11.5 Å². The molecule has 12 nitrogen and oxygen atoms in total. The van der Waals surface area contributed by atoms with Gasteiger partial charge in [-0.15, -0.1) is 0 Å². The van der Waals surface area contributed by atoms with Gasteiger partial charge in [-0.1, -0.05) is 38.1 Å². The molecule has 2 aromatic carbocycles. The fourth-order valence-electron chi connectivity index (χ4n) is 6.60. The van der Waals surface area contributed by atoms with Gasteiger partial charge in [-0.2, -0.15) is 0 Å². The Morgan fingerprint density at radius 1 is 0.920 bits per heavy atom. The number of likely N-dealkylation sites (tertiary alicyclic amines) is 1. The predicted octanol–water partition coefficient (Wildman–Crippen LogP) is 5.40. The van der Waals surface area contributed by atoms with E-state index in [0.717, 1.165) is 24.0 Å². The molecular weight excluding hydrogens is 639 g/mol. The first-order chi connectivity index (χ1) is 23.8. The molecule has 3 amide bonds. The second-order valence-corrected chi connectivity index (χ2v) is 13.1. The number of nitrogens with one attached hydrogen (secondary N) is 1. The molecule has 0 radical (unpaired) electrons. The summed E-state index contributed by atoms with van der Waals surface area (Å²) in [6.07, 6.45) is 6.33. The van der Waals surface area contributed by atoms with Crippen LogP contribution in [-0.2, 0) is 4.79 Å². The minimum absolute atomic E-state index is 0.0501. The third-order valence-electron chi connectivity index (χ3n) is 9.16. The molecule has 0 bridgehead atoms. The number of hydrogen-bond acceptors (Lipinski definition) is 7. The van der Waals surface area contributed by atoms with Crippen molar-refractivity contribution in [1.82, 2.24) is 24.0 Å². The molecule has 258 valence electrons. The Labute approximate surface area is 287 Å². The quantitative estimate of drug-likeness (QED) is 0.197. The summed E-state index contributed by atoms with van der Waals surface area (Å²) in [7, 11) is 0. The number of primary amides is 1. The molecule has 1 aliphatic heterocycles. The number of halogens is 1. The summed E-state index contributed by atoms with van der Waals surface area (Å²) in [5, 5.41) is 3.50. The van der Waals surface area contributed by atoms with E-state index in [1.807, 2.05) is 37.1 Å². The van der Waals surface area contributed by atoms with Crippen LogP contribution in [0, 0.1) is 11.7 Å². The van der Waals surface area contributed by atoms with E-state index < -0.39 is 23.1 Å². The van der Waals surface area contributed by atoms with Gasteiger partial charge in [0.25, 0.3) is 11.8 Å². The van der Waals surface area contributed by atoms with Crippen LogP contribution in [0.1, 0.15) is 73.5 Å². The number of fused-ring (bicyclic) bond motifs is 1. The third kappa shape index (κ3) is 6.33. The average Bonchev–Trinajstić information content (AvgIpc) is 3.49. The van der Waals surface area contributed by atoms with Crippen molar-refractivity contribution in [2.75, 3.05) is 24.1 Å². The molecule has 1 saturated heterocycles. The van der Waals surface area contributed by atoms with Crippen molar-refractivity contribution in [3.05, 3.63) is 94.5 Å². The number of carbonyl (C=O) groups excluding carboxylic acids is 3. The Bertz CT molecular complexity index is 2160. The maximum atomic E-state index is 13.8. The highest BCUT2D eigenvalue weighted by Gasteiger charge is 2.28. The van der Waals surface area contributed by atoms with Gasteiger partial charge in [0.2, 0.25) is 11.3 Å². The molecule has 1 aliphatic rings. The topological polar surface area (TPSA) is 171 Å². The normalized spacial score (nSPS) is 13.7. The summed E-state index contributed by atoms with van der Waals surface area (Å²) >= 11 is 0. The molecule has 0 atom stereocenters. The zero-order valence-electron chi connectivity index (χ0n) is 28.3. The Kier molecular flexibility index (Phi) is 9.24. The molecule has 3 aromatic heterocycles. The van der Waals surface area contributed by atoms with Gasteiger partial charge in [-0.25, -0.2) is 14.4 Å². The maximum Gasteiger partial charge on any atom is 0.266 e. The van der Waals surface area contributed by atoms with Crippen molar-refractivity contribution in [1.29, 1.82) is 0 Å². The van der Waals surface area contributed by atoms with Crippen molar-refractivity contribution < 1.29 is 18.8 Å². The number of aromatic nitrogens is 4. The van der Waals surface area contributed by atoms with E-state index in [-0.39, 0.29) is 46.3 Å². The van der Waals surface area contributed by atoms with E-state index >= 15 is 0 Å². The van der Waals surface area contributed by atoms with E-state index in [2.05, 4.69) is 19.9 Å². The summed E-state index contributed by atoms with van der Waals surface area (Å²) < 4.78 is 17.3. The zero-order chi connectivity index (χ0) is 35.9. The number of piperidine rings is 1. The summed E-state index contributed by atoms with van der Waals surface area (Å²) in [4.78, 5) is 63.2. The average molecular weight is 679 g/mol. The third-order valence-corrected chi connectivity index (χ3v) is 9.16. The number of rotatable bonds is 8. The number of nitrogens with zero attached hydrogens (tertiary/aromatic N) is 5.